The molecule has 100 valence electrons. The molecule has 0 atom stereocenters. The SMILES string of the molecule is CC(=Cc1ccc2ccccc2n1)CNC(C)(C)C. The number of benzene rings is 1. The van der Waals surface area contributed by atoms with Crippen LogP contribution in [0.2, 0.25) is 0 Å². The van der Waals surface area contributed by atoms with Crippen molar-refractivity contribution in [3.05, 3.63) is 47.7 Å². The van der Waals surface area contributed by atoms with Crippen LogP contribution < -0.4 is 5.32 Å². The van der Waals surface area contributed by atoms with Gasteiger partial charge in [0.25, 0.3) is 0 Å². The average Bonchev–Trinajstić information content (AvgIpc) is 2.35. The summed E-state index contributed by atoms with van der Waals surface area (Å²) in [7, 11) is 0. The third kappa shape index (κ3) is 4.18. The van der Waals surface area contributed by atoms with E-state index >= 15 is 0 Å². The second-order valence-electron chi connectivity index (χ2n) is 6.02. The van der Waals surface area contributed by atoms with Gasteiger partial charge in [-0.25, -0.2) is 4.98 Å². The molecule has 1 aromatic heterocycles. The first-order valence-electron chi connectivity index (χ1n) is 6.72. The second-order valence-corrected chi connectivity index (χ2v) is 6.02. The Morgan fingerprint density at radius 2 is 1.89 bits per heavy atom. The fraction of sp³-hybridized carbons (Fsp3) is 0.353. The molecule has 1 N–H and O–H groups in total. The maximum atomic E-state index is 4.66. The zero-order chi connectivity index (χ0) is 13.9. The van der Waals surface area contributed by atoms with E-state index in [0.717, 1.165) is 17.8 Å². The summed E-state index contributed by atoms with van der Waals surface area (Å²) in [5.41, 5.74) is 3.50. The first-order valence-corrected chi connectivity index (χ1v) is 6.72. The molecule has 0 saturated heterocycles. The Hall–Kier alpha value is -1.67. The van der Waals surface area contributed by atoms with Gasteiger partial charge in [0.1, 0.15) is 0 Å². The van der Waals surface area contributed by atoms with Crippen LogP contribution in [-0.2, 0) is 0 Å². The molecule has 19 heavy (non-hydrogen) atoms. The molecule has 0 saturated carbocycles. The van der Waals surface area contributed by atoms with Crippen molar-refractivity contribution >= 4 is 17.0 Å². The van der Waals surface area contributed by atoms with Crippen LogP contribution in [0.15, 0.2) is 42.0 Å². The van der Waals surface area contributed by atoms with Crippen LogP contribution >= 0.6 is 0 Å². The standard InChI is InChI=1S/C17H22N2/c1-13(12-18-17(2,3)4)11-15-10-9-14-7-5-6-8-16(14)19-15/h5-11,18H,12H2,1-4H3. The molecule has 2 aromatic rings. The summed E-state index contributed by atoms with van der Waals surface area (Å²) < 4.78 is 0. The van der Waals surface area contributed by atoms with Crippen LogP contribution in [0.3, 0.4) is 0 Å². The smallest absolute Gasteiger partial charge is 0.0709 e. The van der Waals surface area contributed by atoms with Gasteiger partial charge >= 0.3 is 0 Å². The summed E-state index contributed by atoms with van der Waals surface area (Å²) in [5.74, 6) is 0. The molecule has 1 aromatic carbocycles. The minimum atomic E-state index is 0.145. The van der Waals surface area contributed by atoms with E-state index < -0.39 is 0 Å². The maximum Gasteiger partial charge on any atom is 0.0709 e. The third-order valence-corrected chi connectivity index (χ3v) is 2.91. The highest BCUT2D eigenvalue weighted by molar-refractivity contribution is 5.79. The molecule has 2 nitrogen and oxygen atoms in total. The van der Waals surface area contributed by atoms with Gasteiger partial charge < -0.3 is 5.32 Å². The number of pyridine rings is 1. The fourth-order valence-electron chi connectivity index (χ4n) is 1.87. The van der Waals surface area contributed by atoms with Crippen molar-refractivity contribution < 1.29 is 0 Å². The van der Waals surface area contributed by atoms with Crippen LogP contribution in [0.5, 0.6) is 0 Å². The Kier molecular flexibility index (Phi) is 4.01. The van der Waals surface area contributed by atoms with E-state index in [0.29, 0.717) is 0 Å². The number of para-hydroxylation sites is 1. The minimum Gasteiger partial charge on any atom is -0.308 e. The molecule has 0 amide bonds. The summed E-state index contributed by atoms with van der Waals surface area (Å²) in [6.45, 7) is 9.55. The first-order chi connectivity index (χ1) is 8.94. The van der Waals surface area contributed by atoms with Crippen LogP contribution in [0.25, 0.3) is 17.0 Å². The van der Waals surface area contributed by atoms with Crippen LogP contribution in [0.1, 0.15) is 33.4 Å². The van der Waals surface area contributed by atoms with Crippen molar-refractivity contribution in [3.8, 4) is 0 Å². The van der Waals surface area contributed by atoms with E-state index in [-0.39, 0.29) is 5.54 Å². The number of aromatic nitrogens is 1. The highest BCUT2D eigenvalue weighted by Gasteiger charge is 2.07. The molecule has 0 radical (unpaired) electrons. The maximum absolute atomic E-state index is 4.66. The van der Waals surface area contributed by atoms with Gasteiger partial charge in [-0.15, -0.1) is 0 Å². The highest BCUT2D eigenvalue weighted by Crippen LogP contribution is 2.13. The number of hydrogen-bond acceptors (Lipinski definition) is 2. The van der Waals surface area contributed by atoms with E-state index in [4.69, 9.17) is 0 Å². The van der Waals surface area contributed by atoms with Gasteiger partial charge in [-0.05, 0) is 45.9 Å². The van der Waals surface area contributed by atoms with Crippen LogP contribution in [0.4, 0.5) is 0 Å². The van der Waals surface area contributed by atoms with E-state index in [2.05, 4.69) is 68.3 Å². The number of hydrogen-bond donors (Lipinski definition) is 1. The normalized spacial score (nSPS) is 12.9. The largest absolute Gasteiger partial charge is 0.308 e. The van der Waals surface area contributed by atoms with Crippen molar-refractivity contribution in [1.29, 1.82) is 0 Å². The van der Waals surface area contributed by atoms with Crippen molar-refractivity contribution in [3.63, 3.8) is 0 Å². The fourth-order valence-corrected chi connectivity index (χ4v) is 1.87. The van der Waals surface area contributed by atoms with E-state index in [1.807, 2.05) is 12.1 Å². The molecule has 0 spiro atoms. The monoisotopic (exact) mass is 254 g/mol. The lowest BCUT2D eigenvalue weighted by molar-refractivity contribution is 0.445. The zero-order valence-corrected chi connectivity index (χ0v) is 12.2. The Morgan fingerprint density at radius 3 is 2.63 bits per heavy atom. The van der Waals surface area contributed by atoms with Gasteiger partial charge in [-0.3, -0.25) is 0 Å². The number of rotatable bonds is 3. The molecular formula is C17H22N2. The Labute approximate surface area is 115 Å². The van der Waals surface area contributed by atoms with Gasteiger partial charge in [0.05, 0.1) is 11.2 Å². The quantitative estimate of drug-likeness (QED) is 0.894. The molecule has 0 aliphatic heterocycles. The molecule has 1 heterocycles. The van der Waals surface area contributed by atoms with Gasteiger partial charge in [0.2, 0.25) is 0 Å². The van der Waals surface area contributed by atoms with E-state index in [9.17, 15) is 0 Å². The molecule has 0 unspecified atom stereocenters. The number of fused-ring (bicyclic) bond motifs is 1. The Balaban J connectivity index is 2.15. The molecule has 0 fully saturated rings. The topological polar surface area (TPSA) is 24.9 Å². The van der Waals surface area contributed by atoms with Gasteiger partial charge in [-0.1, -0.05) is 29.8 Å². The summed E-state index contributed by atoms with van der Waals surface area (Å²) >= 11 is 0. The summed E-state index contributed by atoms with van der Waals surface area (Å²) in [4.78, 5) is 4.66. The lowest BCUT2D eigenvalue weighted by atomic mass is 10.1. The molecule has 2 rings (SSSR count). The molecule has 0 bridgehead atoms. The van der Waals surface area contributed by atoms with Crippen molar-refractivity contribution in [1.82, 2.24) is 10.3 Å². The Bertz CT molecular complexity index is 591. The lowest BCUT2D eigenvalue weighted by Crippen LogP contribution is -2.36. The average molecular weight is 254 g/mol. The zero-order valence-electron chi connectivity index (χ0n) is 12.2. The van der Waals surface area contributed by atoms with E-state index in [1.165, 1.54) is 11.0 Å². The first kappa shape index (κ1) is 13.8. The summed E-state index contributed by atoms with van der Waals surface area (Å²) in [6, 6.07) is 12.4. The van der Waals surface area contributed by atoms with Gasteiger partial charge in [-0.2, -0.15) is 0 Å². The van der Waals surface area contributed by atoms with E-state index in [1.54, 1.807) is 0 Å². The lowest BCUT2D eigenvalue weighted by Gasteiger charge is -2.20. The predicted molar refractivity (Wildman–Crippen MR) is 83.1 cm³/mol. The summed E-state index contributed by atoms with van der Waals surface area (Å²) in [6.07, 6.45) is 2.14. The van der Waals surface area contributed by atoms with Crippen molar-refractivity contribution in [2.45, 2.75) is 33.2 Å². The van der Waals surface area contributed by atoms with Crippen molar-refractivity contribution in [2.24, 2.45) is 0 Å². The van der Waals surface area contributed by atoms with Crippen LogP contribution in [-0.4, -0.2) is 17.1 Å². The second kappa shape index (κ2) is 5.54. The molecule has 0 aliphatic rings. The number of nitrogens with zero attached hydrogens (tertiary/aromatic N) is 1. The van der Waals surface area contributed by atoms with Crippen molar-refractivity contribution in [2.75, 3.05) is 6.54 Å². The van der Waals surface area contributed by atoms with Gasteiger partial charge in [0.15, 0.2) is 0 Å². The van der Waals surface area contributed by atoms with Crippen LogP contribution in [0, 0.1) is 0 Å². The Morgan fingerprint density at radius 1 is 1.16 bits per heavy atom. The minimum absolute atomic E-state index is 0.145. The molecular weight excluding hydrogens is 232 g/mol. The van der Waals surface area contributed by atoms with Gasteiger partial charge in [0, 0.05) is 17.5 Å². The molecule has 0 aliphatic carbocycles. The molecule has 2 heteroatoms. The number of nitrogens with one attached hydrogen (secondary N) is 1. The highest BCUT2D eigenvalue weighted by atomic mass is 14.9. The summed E-state index contributed by atoms with van der Waals surface area (Å²) in [5, 5.41) is 4.67. The third-order valence-electron chi connectivity index (χ3n) is 2.91. The predicted octanol–water partition coefficient (Wildman–Crippen LogP) is 4.03.